The van der Waals surface area contributed by atoms with E-state index in [1.165, 1.54) is 0 Å². The van der Waals surface area contributed by atoms with Gasteiger partial charge < -0.3 is 5.73 Å². The van der Waals surface area contributed by atoms with Crippen molar-refractivity contribution in [3.63, 3.8) is 0 Å². The average molecular weight is 259 g/mol. The van der Waals surface area contributed by atoms with Gasteiger partial charge in [0.05, 0.1) is 11.4 Å². The van der Waals surface area contributed by atoms with Gasteiger partial charge in [0.15, 0.2) is 0 Å². The van der Waals surface area contributed by atoms with E-state index in [2.05, 4.69) is 6.07 Å². The number of hydrogen-bond donors (Lipinski definition) is 1. The predicted octanol–water partition coefficient (Wildman–Crippen LogP) is 2.73. The monoisotopic (exact) mass is 259 g/mol. The summed E-state index contributed by atoms with van der Waals surface area (Å²) in [6.45, 7) is 10.0. The van der Waals surface area contributed by atoms with Gasteiger partial charge in [0.2, 0.25) is 0 Å². The summed E-state index contributed by atoms with van der Waals surface area (Å²) in [5.74, 6) is 0. The molecule has 0 amide bonds. The van der Waals surface area contributed by atoms with Gasteiger partial charge in [-0.25, -0.2) is 4.68 Å². The molecule has 2 N–H and O–H groups in total. The lowest BCUT2D eigenvalue weighted by molar-refractivity contribution is 0.466. The number of aromatic nitrogens is 2. The Hall–Kier alpha value is -1.97. The van der Waals surface area contributed by atoms with Crippen molar-refractivity contribution in [1.29, 1.82) is 0 Å². The third-order valence-corrected chi connectivity index (χ3v) is 3.31. The zero-order valence-corrected chi connectivity index (χ0v) is 12.2. The molecule has 4 heteroatoms. The summed E-state index contributed by atoms with van der Waals surface area (Å²) in [5, 5.41) is 0. The lowest BCUT2D eigenvalue weighted by Gasteiger charge is -2.17. The molecule has 0 aliphatic carbocycles. The average Bonchev–Trinajstić information content (AvgIpc) is 2.52. The molecule has 0 spiro atoms. The Kier molecular flexibility index (Phi) is 3.27. The molecular formula is C15H21N3O. The van der Waals surface area contributed by atoms with E-state index in [0.717, 1.165) is 22.5 Å². The highest BCUT2D eigenvalue weighted by Crippen LogP contribution is 2.19. The summed E-state index contributed by atoms with van der Waals surface area (Å²) in [6.07, 6.45) is 0. The summed E-state index contributed by atoms with van der Waals surface area (Å²) in [4.78, 5) is 12.4. The molecule has 1 aromatic heterocycles. The minimum Gasteiger partial charge on any atom is -0.393 e. The highest BCUT2D eigenvalue weighted by Gasteiger charge is 2.17. The van der Waals surface area contributed by atoms with Gasteiger partial charge >= 0.3 is 0 Å². The second-order valence-corrected chi connectivity index (χ2v) is 5.40. The molecule has 0 saturated carbocycles. The van der Waals surface area contributed by atoms with E-state index < -0.39 is 0 Å². The number of anilines is 1. The number of aryl methyl sites for hydroxylation is 2. The molecule has 102 valence electrons. The van der Waals surface area contributed by atoms with Gasteiger partial charge in [-0.3, -0.25) is 9.48 Å². The second kappa shape index (κ2) is 4.61. The van der Waals surface area contributed by atoms with Gasteiger partial charge in [0, 0.05) is 6.04 Å². The zero-order valence-electron chi connectivity index (χ0n) is 12.2. The van der Waals surface area contributed by atoms with Gasteiger partial charge in [-0.1, -0.05) is 6.07 Å². The summed E-state index contributed by atoms with van der Waals surface area (Å²) in [7, 11) is 0. The largest absolute Gasteiger partial charge is 0.393 e. The SMILES string of the molecule is Cc1cc(C)cc(-n2c(=O)c(N)c(C)n2C(C)C)c1. The summed E-state index contributed by atoms with van der Waals surface area (Å²) in [6, 6.07) is 6.27. The molecule has 1 heterocycles. The Morgan fingerprint density at radius 1 is 1.05 bits per heavy atom. The third-order valence-electron chi connectivity index (χ3n) is 3.31. The number of rotatable bonds is 2. The molecule has 0 radical (unpaired) electrons. The van der Waals surface area contributed by atoms with Crippen molar-refractivity contribution in [3.8, 4) is 5.69 Å². The van der Waals surface area contributed by atoms with Crippen LogP contribution < -0.4 is 11.3 Å². The minimum atomic E-state index is -0.142. The molecule has 1 aromatic carbocycles. The Morgan fingerprint density at radius 2 is 1.58 bits per heavy atom. The number of nitrogen functional groups attached to an aromatic ring is 1. The van der Waals surface area contributed by atoms with Crippen molar-refractivity contribution in [2.45, 2.75) is 40.7 Å². The maximum atomic E-state index is 12.4. The maximum Gasteiger partial charge on any atom is 0.294 e. The Labute approximate surface area is 113 Å². The van der Waals surface area contributed by atoms with E-state index in [9.17, 15) is 4.79 Å². The number of nitrogens with two attached hydrogens (primary N) is 1. The predicted molar refractivity (Wildman–Crippen MR) is 79.0 cm³/mol. The van der Waals surface area contributed by atoms with Crippen LogP contribution in [0.3, 0.4) is 0 Å². The van der Waals surface area contributed by atoms with Crippen LogP contribution in [0.2, 0.25) is 0 Å². The molecule has 19 heavy (non-hydrogen) atoms. The van der Waals surface area contributed by atoms with Crippen LogP contribution in [0.25, 0.3) is 5.69 Å². The fraction of sp³-hybridized carbons (Fsp3) is 0.400. The fourth-order valence-corrected chi connectivity index (χ4v) is 2.57. The topological polar surface area (TPSA) is 52.9 Å². The van der Waals surface area contributed by atoms with Crippen LogP contribution in [0.1, 0.15) is 36.7 Å². The van der Waals surface area contributed by atoms with Crippen LogP contribution in [0.4, 0.5) is 5.69 Å². The molecule has 0 unspecified atom stereocenters. The van der Waals surface area contributed by atoms with Crippen LogP contribution in [-0.2, 0) is 0 Å². The first-order valence-corrected chi connectivity index (χ1v) is 6.51. The first kappa shape index (κ1) is 13.5. The quantitative estimate of drug-likeness (QED) is 0.901. The number of benzene rings is 1. The molecule has 0 atom stereocenters. The highest BCUT2D eigenvalue weighted by molar-refractivity contribution is 5.46. The second-order valence-electron chi connectivity index (χ2n) is 5.40. The third kappa shape index (κ3) is 2.18. The van der Waals surface area contributed by atoms with Crippen molar-refractivity contribution in [2.75, 3.05) is 5.73 Å². The molecule has 2 rings (SSSR count). The van der Waals surface area contributed by atoms with E-state index in [-0.39, 0.29) is 11.6 Å². The smallest absolute Gasteiger partial charge is 0.294 e. The van der Waals surface area contributed by atoms with Gasteiger partial charge in [-0.15, -0.1) is 0 Å². The molecule has 0 aliphatic heterocycles. The summed E-state index contributed by atoms with van der Waals surface area (Å²) >= 11 is 0. The van der Waals surface area contributed by atoms with E-state index in [0.29, 0.717) is 5.69 Å². The van der Waals surface area contributed by atoms with E-state index in [1.807, 2.05) is 51.4 Å². The molecule has 2 aromatic rings. The molecular weight excluding hydrogens is 238 g/mol. The fourth-order valence-electron chi connectivity index (χ4n) is 2.57. The molecule has 0 fully saturated rings. The van der Waals surface area contributed by atoms with Crippen molar-refractivity contribution < 1.29 is 0 Å². The lowest BCUT2D eigenvalue weighted by Crippen LogP contribution is -2.23. The maximum absolute atomic E-state index is 12.4. The van der Waals surface area contributed by atoms with E-state index in [4.69, 9.17) is 5.73 Å². The summed E-state index contributed by atoms with van der Waals surface area (Å²) in [5.41, 5.74) is 10.0. The highest BCUT2D eigenvalue weighted by atomic mass is 16.1. The van der Waals surface area contributed by atoms with Crippen LogP contribution >= 0.6 is 0 Å². The molecule has 0 bridgehead atoms. The standard InChI is InChI=1S/C15H21N3O/c1-9(2)17-12(5)14(16)15(19)18(17)13-7-10(3)6-11(4)8-13/h6-9H,16H2,1-5H3. The van der Waals surface area contributed by atoms with Gasteiger partial charge in [-0.05, 0) is 57.9 Å². The van der Waals surface area contributed by atoms with Gasteiger partial charge in [0.25, 0.3) is 5.56 Å². The van der Waals surface area contributed by atoms with Crippen molar-refractivity contribution in [2.24, 2.45) is 0 Å². The Balaban J connectivity index is 2.82. The molecule has 4 nitrogen and oxygen atoms in total. The lowest BCUT2D eigenvalue weighted by atomic mass is 10.1. The van der Waals surface area contributed by atoms with Gasteiger partial charge in [0.1, 0.15) is 5.69 Å². The minimum absolute atomic E-state index is 0.142. The van der Waals surface area contributed by atoms with E-state index in [1.54, 1.807) is 4.68 Å². The van der Waals surface area contributed by atoms with Gasteiger partial charge in [-0.2, -0.15) is 0 Å². The van der Waals surface area contributed by atoms with E-state index >= 15 is 0 Å². The van der Waals surface area contributed by atoms with Crippen molar-refractivity contribution >= 4 is 5.69 Å². The Bertz CT molecular complexity index is 657. The van der Waals surface area contributed by atoms with Crippen LogP contribution in [0.15, 0.2) is 23.0 Å². The number of hydrogen-bond acceptors (Lipinski definition) is 2. The normalized spacial score (nSPS) is 11.3. The van der Waals surface area contributed by atoms with Crippen LogP contribution in [0, 0.1) is 20.8 Å². The van der Waals surface area contributed by atoms with Crippen LogP contribution in [-0.4, -0.2) is 9.36 Å². The summed E-state index contributed by atoms with van der Waals surface area (Å²) < 4.78 is 3.63. The van der Waals surface area contributed by atoms with Crippen LogP contribution in [0.5, 0.6) is 0 Å². The molecule has 0 aliphatic rings. The van der Waals surface area contributed by atoms with Crippen molar-refractivity contribution in [3.05, 3.63) is 45.4 Å². The first-order chi connectivity index (χ1) is 8.82. The molecule has 0 saturated heterocycles. The van der Waals surface area contributed by atoms with Crippen molar-refractivity contribution in [1.82, 2.24) is 9.36 Å². The first-order valence-electron chi connectivity index (χ1n) is 6.51. The number of nitrogens with zero attached hydrogens (tertiary/aromatic N) is 2. The zero-order chi connectivity index (χ0) is 14.3. The Morgan fingerprint density at radius 3 is 2.05 bits per heavy atom.